The van der Waals surface area contributed by atoms with Crippen LogP contribution in [-0.4, -0.2) is 34.0 Å². The van der Waals surface area contributed by atoms with E-state index >= 15 is 0 Å². The van der Waals surface area contributed by atoms with E-state index in [2.05, 4.69) is 4.98 Å². The molecule has 0 unspecified atom stereocenters. The maximum Gasteiger partial charge on any atom is 0.254 e. The summed E-state index contributed by atoms with van der Waals surface area (Å²) in [6.07, 6.45) is 4.17. The van der Waals surface area contributed by atoms with Gasteiger partial charge in [-0.25, -0.2) is 0 Å². The number of hydrogen-bond donors (Lipinski definition) is 2. The largest absolute Gasteiger partial charge is 0.508 e. The molecule has 1 aromatic carbocycles. The van der Waals surface area contributed by atoms with E-state index in [4.69, 9.17) is 5.73 Å². The van der Waals surface area contributed by atoms with Gasteiger partial charge in [0.25, 0.3) is 5.91 Å². The summed E-state index contributed by atoms with van der Waals surface area (Å²) in [6, 6.07) is 10.1. The van der Waals surface area contributed by atoms with Gasteiger partial charge >= 0.3 is 0 Å². The molecule has 2 rings (SSSR count). The first-order valence-electron chi connectivity index (χ1n) is 6.88. The predicted molar refractivity (Wildman–Crippen MR) is 80.8 cm³/mol. The molecule has 2 aromatic rings. The van der Waals surface area contributed by atoms with Crippen LogP contribution < -0.4 is 5.73 Å². The molecule has 3 N–H and O–H groups in total. The van der Waals surface area contributed by atoms with Crippen molar-refractivity contribution in [3.8, 4) is 5.75 Å². The van der Waals surface area contributed by atoms with Gasteiger partial charge in [0.05, 0.1) is 0 Å². The van der Waals surface area contributed by atoms with Crippen LogP contribution in [0.25, 0.3) is 0 Å². The van der Waals surface area contributed by atoms with Crippen molar-refractivity contribution in [2.45, 2.75) is 13.0 Å². The normalized spacial score (nSPS) is 10.3. The summed E-state index contributed by atoms with van der Waals surface area (Å²) in [7, 11) is 0. The first kappa shape index (κ1) is 15.0. The number of carbonyl (C=O) groups is 1. The van der Waals surface area contributed by atoms with Crippen molar-refractivity contribution in [2.75, 3.05) is 13.1 Å². The zero-order chi connectivity index (χ0) is 15.1. The summed E-state index contributed by atoms with van der Waals surface area (Å²) < 4.78 is 0. The van der Waals surface area contributed by atoms with Gasteiger partial charge in [-0.3, -0.25) is 9.78 Å². The summed E-state index contributed by atoms with van der Waals surface area (Å²) in [4.78, 5) is 18.3. The first-order valence-corrected chi connectivity index (χ1v) is 6.88. The molecule has 1 amide bonds. The number of carbonyl (C=O) groups excluding carboxylic acids is 1. The number of pyridine rings is 1. The highest BCUT2D eigenvalue weighted by molar-refractivity contribution is 5.94. The maximum absolute atomic E-state index is 12.6. The lowest BCUT2D eigenvalue weighted by molar-refractivity contribution is 0.0741. The van der Waals surface area contributed by atoms with Gasteiger partial charge in [0, 0.05) is 31.0 Å². The molecule has 0 fully saturated rings. The van der Waals surface area contributed by atoms with Crippen molar-refractivity contribution in [3.05, 3.63) is 59.9 Å². The van der Waals surface area contributed by atoms with Gasteiger partial charge in [-0.15, -0.1) is 0 Å². The number of aromatic nitrogens is 1. The number of nitrogens with two attached hydrogens (primary N) is 1. The van der Waals surface area contributed by atoms with E-state index in [9.17, 15) is 9.90 Å². The van der Waals surface area contributed by atoms with E-state index in [1.54, 1.807) is 35.5 Å². The number of rotatable bonds is 6. The zero-order valence-corrected chi connectivity index (χ0v) is 11.8. The summed E-state index contributed by atoms with van der Waals surface area (Å²) >= 11 is 0. The number of phenolic OH excluding ortho intramolecular Hbond substituents is 1. The minimum Gasteiger partial charge on any atom is -0.508 e. The molecule has 1 heterocycles. The molecule has 0 atom stereocenters. The van der Waals surface area contributed by atoms with E-state index in [1.807, 2.05) is 12.1 Å². The maximum atomic E-state index is 12.6. The smallest absolute Gasteiger partial charge is 0.254 e. The highest BCUT2D eigenvalue weighted by atomic mass is 16.3. The average molecular weight is 285 g/mol. The van der Waals surface area contributed by atoms with Crippen LogP contribution in [0.15, 0.2) is 48.8 Å². The minimum absolute atomic E-state index is 0.0843. The quantitative estimate of drug-likeness (QED) is 0.848. The Balaban J connectivity index is 2.17. The fraction of sp³-hybridized carbons (Fsp3) is 0.250. The molecule has 5 heteroatoms. The van der Waals surface area contributed by atoms with Crippen molar-refractivity contribution >= 4 is 5.91 Å². The van der Waals surface area contributed by atoms with E-state index in [0.717, 1.165) is 12.0 Å². The van der Waals surface area contributed by atoms with Crippen molar-refractivity contribution in [3.63, 3.8) is 0 Å². The molecule has 0 aliphatic carbocycles. The van der Waals surface area contributed by atoms with E-state index in [-0.39, 0.29) is 11.7 Å². The second-order valence-electron chi connectivity index (χ2n) is 4.78. The Morgan fingerprint density at radius 2 is 2.14 bits per heavy atom. The fourth-order valence-corrected chi connectivity index (χ4v) is 2.07. The Morgan fingerprint density at radius 3 is 2.81 bits per heavy atom. The molecule has 21 heavy (non-hydrogen) atoms. The Kier molecular flexibility index (Phi) is 5.29. The van der Waals surface area contributed by atoms with Gasteiger partial charge in [0.1, 0.15) is 5.75 Å². The predicted octanol–water partition coefficient (Wildman–Crippen LogP) is 1.78. The van der Waals surface area contributed by atoms with Gasteiger partial charge < -0.3 is 15.7 Å². The summed E-state index contributed by atoms with van der Waals surface area (Å²) in [6.45, 7) is 1.57. The Bertz CT molecular complexity index is 587. The van der Waals surface area contributed by atoms with E-state index in [0.29, 0.717) is 25.2 Å². The fourth-order valence-electron chi connectivity index (χ4n) is 2.07. The van der Waals surface area contributed by atoms with Crippen molar-refractivity contribution in [2.24, 2.45) is 5.73 Å². The Morgan fingerprint density at radius 1 is 1.29 bits per heavy atom. The molecule has 1 aromatic heterocycles. The lowest BCUT2D eigenvalue weighted by atomic mass is 10.1. The molecular formula is C16H19N3O2. The standard InChI is InChI=1S/C16H19N3O2/c17-7-3-9-19(12-13-4-2-8-18-11-13)16(21)14-5-1-6-15(20)10-14/h1-2,4-6,8,10-11,20H,3,7,9,12,17H2. The molecule has 0 aliphatic heterocycles. The lowest BCUT2D eigenvalue weighted by Crippen LogP contribution is -2.32. The van der Waals surface area contributed by atoms with Crippen molar-refractivity contribution in [1.82, 2.24) is 9.88 Å². The van der Waals surface area contributed by atoms with Crippen LogP contribution in [0.4, 0.5) is 0 Å². The number of phenols is 1. The lowest BCUT2D eigenvalue weighted by Gasteiger charge is -2.22. The molecular weight excluding hydrogens is 266 g/mol. The molecule has 110 valence electrons. The molecule has 0 aliphatic rings. The number of hydrogen-bond acceptors (Lipinski definition) is 4. The summed E-state index contributed by atoms with van der Waals surface area (Å²) in [5.41, 5.74) is 6.97. The van der Waals surface area contributed by atoms with Crippen LogP contribution in [0.3, 0.4) is 0 Å². The molecule has 5 nitrogen and oxygen atoms in total. The van der Waals surface area contributed by atoms with Gasteiger partial charge in [-0.2, -0.15) is 0 Å². The SMILES string of the molecule is NCCCN(Cc1cccnc1)C(=O)c1cccc(O)c1. The highest BCUT2D eigenvalue weighted by Crippen LogP contribution is 2.15. The van der Waals surface area contributed by atoms with Crippen LogP contribution in [0, 0.1) is 0 Å². The van der Waals surface area contributed by atoms with Crippen LogP contribution in [0.2, 0.25) is 0 Å². The van der Waals surface area contributed by atoms with Crippen LogP contribution in [0.1, 0.15) is 22.3 Å². The molecule has 0 spiro atoms. The van der Waals surface area contributed by atoms with Gasteiger partial charge in [-0.05, 0) is 42.8 Å². The van der Waals surface area contributed by atoms with Crippen molar-refractivity contribution < 1.29 is 9.90 Å². The third-order valence-electron chi connectivity index (χ3n) is 3.11. The van der Waals surface area contributed by atoms with Gasteiger partial charge in [0.15, 0.2) is 0 Å². The van der Waals surface area contributed by atoms with Gasteiger partial charge in [0.2, 0.25) is 0 Å². The monoisotopic (exact) mass is 285 g/mol. The second kappa shape index (κ2) is 7.40. The number of nitrogens with zero attached hydrogens (tertiary/aromatic N) is 2. The molecule has 0 radical (unpaired) electrons. The summed E-state index contributed by atoms with van der Waals surface area (Å²) in [5, 5.41) is 9.51. The number of aromatic hydroxyl groups is 1. The third-order valence-corrected chi connectivity index (χ3v) is 3.11. The van der Waals surface area contributed by atoms with Crippen LogP contribution >= 0.6 is 0 Å². The second-order valence-corrected chi connectivity index (χ2v) is 4.78. The Labute approximate surface area is 124 Å². The third kappa shape index (κ3) is 4.29. The van der Waals surface area contributed by atoms with Crippen molar-refractivity contribution in [1.29, 1.82) is 0 Å². The highest BCUT2D eigenvalue weighted by Gasteiger charge is 2.16. The number of amides is 1. The molecule has 0 bridgehead atoms. The topological polar surface area (TPSA) is 79.5 Å². The van der Waals surface area contributed by atoms with Gasteiger partial charge in [-0.1, -0.05) is 12.1 Å². The van der Waals surface area contributed by atoms with Crippen LogP contribution in [-0.2, 0) is 6.54 Å². The average Bonchev–Trinajstić information content (AvgIpc) is 2.51. The summed E-state index contributed by atoms with van der Waals surface area (Å²) in [5.74, 6) is -0.0378. The number of benzene rings is 1. The molecule has 0 saturated heterocycles. The Hall–Kier alpha value is -2.40. The zero-order valence-electron chi connectivity index (χ0n) is 11.8. The van der Waals surface area contributed by atoms with E-state index < -0.39 is 0 Å². The van der Waals surface area contributed by atoms with Crippen LogP contribution in [0.5, 0.6) is 5.75 Å². The molecule has 0 saturated carbocycles. The van der Waals surface area contributed by atoms with E-state index in [1.165, 1.54) is 6.07 Å². The first-order chi connectivity index (χ1) is 10.2. The minimum atomic E-state index is -0.122.